The number of rotatable bonds is 6. The summed E-state index contributed by atoms with van der Waals surface area (Å²) in [6.07, 6.45) is 3.06. The van der Waals surface area contributed by atoms with Gasteiger partial charge >= 0.3 is 5.97 Å². The molecule has 0 aromatic carbocycles. The van der Waals surface area contributed by atoms with Gasteiger partial charge in [0.25, 0.3) is 0 Å². The molecule has 1 rings (SSSR count). The number of aryl methyl sites for hydroxylation is 1. The fraction of sp³-hybridized carbons (Fsp3) is 0.455. The minimum absolute atomic E-state index is 0.148. The Bertz CT molecular complexity index is 366. The number of aromatic nitrogens is 1. The number of unbranched alkanes of at least 4 members (excludes halogenated alkanes) is 1. The summed E-state index contributed by atoms with van der Waals surface area (Å²) in [7, 11) is 0. The van der Waals surface area contributed by atoms with Crippen LogP contribution in [-0.4, -0.2) is 34.3 Å². The third-order valence-corrected chi connectivity index (χ3v) is 2.25. The number of aromatic carboxylic acids is 1. The van der Waals surface area contributed by atoms with Gasteiger partial charge in [0.05, 0.1) is 0 Å². The Morgan fingerprint density at radius 3 is 2.88 bits per heavy atom. The third kappa shape index (κ3) is 3.20. The lowest BCUT2D eigenvalue weighted by Crippen LogP contribution is -2.11. The number of anilines is 1. The van der Waals surface area contributed by atoms with E-state index in [0.717, 1.165) is 6.42 Å². The number of nitrogens with one attached hydrogen (secondary N) is 1. The van der Waals surface area contributed by atoms with Gasteiger partial charge in [0, 0.05) is 19.3 Å². The highest BCUT2D eigenvalue weighted by molar-refractivity contribution is 5.94. The van der Waals surface area contributed by atoms with Crippen molar-refractivity contribution in [2.75, 3.05) is 18.5 Å². The minimum atomic E-state index is -0.977. The second kappa shape index (κ2) is 6.07. The van der Waals surface area contributed by atoms with Crippen LogP contribution in [0.15, 0.2) is 12.3 Å². The van der Waals surface area contributed by atoms with Gasteiger partial charge < -0.3 is 15.5 Å². The maximum Gasteiger partial charge on any atom is 0.339 e. The molecule has 16 heavy (non-hydrogen) atoms. The molecule has 0 aliphatic carbocycles. The number of hydrogen-bond acceptors (Lipinski definition) is 4. The summed E-state index contributed by atoms with van der Waals surface area (Å²) in [5.41, 5.74) is 0.902. The molecule has 0 saturated heterocycles. The highest BCUT2D eigenvalue weighted by Crippen LogP contribution is 2.16. The van der Waals surface area contributed by atoms with Crippen molar-refractivity contribution in [2.24, 2.45) is 0 Å². The Hall–Kier alpha value is -1.62. The summed E-state index contributed by atoms with van der Waals surface area (Å²) in [5.74, 6) is -0.583. The van der Waals surface area contributed by atoms with Gasteiger partial charge in [-0.2, -0.15) is 0 Å². The maximum atomic E-state index is 11.0. The van der Waals surface area contributed by atoms with E-state index in [1.165, 1.54) is 0 Å². The lowest BCUT2D eigenvalue weighted by atomic mass is 10.1. The van der Waals surface area contributed by atoms with Crippen molar-refractivity contribution in [2.45, 2.75) is 19.8 Å². The van der Waals surface area contributed by atoms with Crippen LogP contribution < -0.4 is 5.32 Å². The molecule has 1 aromatic heterocycles. The first kappa shape index (κ1) is 12.4. The summed E-state index contributed by atoms with van der Waals surface area (Å²) >= 11 is 0. The number of pyridine rings is 1. The van der Waals surface area contributed by atoms with Crippen LogP contribution in [-0.2, 0) is 0 Å². The van der Waals surface area contributed by atoms with Crippen molar-refractivity contribution < 1.29 is 15.0 Å². The fourth-order valence-electron chi connectivity index (χ4n) is 1.41. The largest absolute Gasteiger partial charge is 0.478 e. The van der Waals surface area contributed by atoms with E-state index in [4.69, 9.17) is 10.2 Å². The zero-order valence-electron chi connectivity index (χ0n) is 9.23. The van der Waals surface area contributed by atoms with E-state index >= 15 is 0 Å². The quantitative estimate of drug-likeness (QED) is 0.634. The first-order valence-corrected chi connectivity index (χ1v) is 5.20. The highest BCUT2D eigenvalue weighted by Gasteiger charge is 2.13. The summed E-state index contributed by atoms with van der Waals surface area (Å²) < 4.78 is 0. The van der Waals surface area contributed by atoms with Crippen LogP contribution in [0.4, 0.5) is 5.82 Å². The van der Waals surface area contributed by atoms with Crippen molar-refractivity contribution in [1.82, 2.24) is 4.98 Å². The molecule has 3 N–H and O–H groups in total. The normalized spacial score (nSPS) is 10.1. The van der Waals surface area contributed by atoms with Gasteiger partial charge in [-0.1, -0.05) is 0 Å². The SMILES string of the molecule is Cc1ccnc(NCCCCO)c1C(=O)O. The second-order valence-corrected chi connectivity index (χ2v) is 3.51. The number of aliphatic hydroxyl groups is 1. The first-order valence-electron chi connectivity index (χ1n) is 5.20. The summed E-state index contributed by atoms with van der Waals surface area (Å²) in [6, 6.07) is 1.67. The van der Waals surface area contributed by atoms with Crippen molar-refractivity contribution in [3.63, 3.8) is 0 Å². The van der Waals surface area contributed by atoms with E-state index in [9.17, 15) is 4.79 Å². The molecule has 0 spiro atoms. The van der Waals surface area contributed by atoms with E-state index in [2.05, 4.69) is 10.3 Å². The van der Waals surface area contributed by atoms with Crippen molar-refractivity contribution >= 4 is 11.8 Å². The van der Waals surface area contributed by atoms with Gasteiger partial charge in [-0.15, -0.1) is 0 Å². The molecule has 0 bridgehead atoms. The number of carboxylic acid groups (broad SMARTS) is 1. The topological polar surface area (TPSA) is 82.5 Å². The summed E-state index contributed by atoms with van der Waals surface area (Å²) in [4.78, 5) is 15.0. The zero-order chi connectivity index (χ0) is 12.0. The Kier molecular flexibility index (Phi) is 4.72. The molecule has 1 heterocycles. The molecule has 5 heteroatoms. The molecule has 1 aromatic rings. The predicted molar refractivity (Wildman–Crippen MR) is 60.7 cm³/mol. The molecule has 0 unspecified atom stereocenters. The number of carbonyl (C=O) groups is 1. The van der Waals surface area contributed by atoms with Crippen LogP contribution in [0.5, 0.6) is 0 Å². The van der Waals surface area contributed by atoms with Crippen molar-refractivity contribution in [1.29, 1.82) is 0 Å². The molecule has 0 amide bonds. The van der Waals surface area contributed by atoms with Gasteiger partial charge in [-0.05, 0) is 31.4 Å². The van der Waals surface area contributed by atoms with Crippen LogP contribution in [0.1, 0.15) is 28.8 Å². The molecule has 5 nitrogen and oxygen atoms in total. The van der Waals surface area contributed by atoms with Gasteiger partial charge in [0.1, 0.15) is 11.4 Å². The van der Waals surface area contributed by atoms with Crippen molar-refractivity contribution in [3.8, 4) is 0 Å². The molecule has 88 valence electrons. The average Bonchev–Trinajstić information content (AvgIpc) is 2.24. The smallest absolute Gasteiger partial charge is 0.339 e. The summed E-state index contributed by atoms with van der Waals surface area (Å²) in [5, 5.41) is 20.6. The average molecular weight is 224 g/mol. The lowest BCUT2D eigenvalue weighted by molar-refractivity contribution is 0.0697. The first-order chi connectivity index (χ1) is 7.66. The van der Waals surface area contributed by atoms with Crippen LogP contribution in [0.25, 0.3) is 0 Å². The molecule has 0 radical (unpaired) electrons. The minimum Gasteiger partial charge on any atom is -0.478 e. The number of hydrogen-bond donors (Lipinski definition) is 3. The monoisotopic (exact) mass is 224 g/mol. The molecule has 0 fully saturated rings. The van der Waals surface area contributed by atoms with Gasteiger partial charge in [0.15, 0.2) is 0 Å². The molecule has 0 saturated carbocycles. The number of aliphatic hydroxyl groups excluding tert-OH is 1. The maximum absolute atomic E-state index is 11.0. The van der Waals surface area contributed by atoms with Crippen LogP contribution in [0.2, 0.25) is 0 Å². The third-order valence-electron chi connectivity index (χ3n) is 2.25. The Morgan fingerprint density at radius 1 is 1.50 bits per heavy atom. The fourth-order valence-corrected chi connectivity index (χ4v) is 1.41. The highest BCUT2D eigenvalue weighted by atomic mass is 16.4. The standard InChI is InChI=1S/C11H16N2O3/c1-8-4-6-13-10(9(8)11(15)16)12-5-2-3-7-14/h4,6,14H,2-3,5,7H2,1H3,(H,12,13)(H,15,16). The summed E-state index contributed by atoms with van der Waals surface area (Å²) in [6.45, 7) is 2.50. The zero-order valence-corrected chi connectivity index (χ0v) is 9.23. The molecule has 0 atom stereocenters. The van der Waals surface area contributed by atoms with E-state index in [1.54, 1.807) is 19.2 Å². The lowest BCUT2D eigenvalue weighted by Gasteiger charge is -2.09. The number of carboxylic acids is 1. The Morgan fingerprint density at radius 2 is 2.25 bits per heavy atom. The van der Waals surface area contributed by atoms with Gasteiger partial charge in [0.2, 0.25) is 0 Å². The number of nitrogens with zero attached hydrogens (tertiary/aromatic N) is 1. The van der Waals surface area contributed by atoms with E-state index < -0.39 is 5.97 Å². The van der Waals surface area contributed by atoms with Crippen LogP contribution in [0.3, 0.4) is 0 Å². The van der Waals surface area contributed by atoms with E-state index in [-0.39, 0.29) is 12.2 Å². The predicted octanol–water partition coefficient (Wildman–Crippen LogP) is 1.27. The van der Waals surface area contributed by atoms with E-state index in [0.29, 0.717) is 24.3 Å². The Balaban J connectivity index is 2.71. The molecule has 0 aliphatic rings. The van der Waals surface area contributed by atoms with Crippen LogP contribution in [0, 0.1) is 6.92 Å². The molecule has 0 aliphatic heterocycles. The van der Waals surface area contributed by atoms with Crippen molar-refractivity contribution in [3.05, 3.63) is 23.4 Å². The van der Waals surface area contributed by atoms with Gasteiger partial charge in [-0.25, -0.2) is 9.78 Å². The van der Waals surface area contributed by atoms with E-state index in [1.807, 2.05) is 0 Å². The molecular weight excluding hydrogens is 208 g/mol. The Labute approximate surface area is 94.1 Å². The van der Waals surface area contributed by atoms with Gasteiger partial charge in [-0.3, -0.25) is 0 Å². The molecular formula is C11H16N2O3. The second-order valence-electron chi connectivity index (χ2n) is 3.51. The van der Waals surface area contributed by atoms with Crippen LogP contribution >= 0.6 is 0 Å².